The van der Waals surface area contributed by atoms with Crippen molar-refractivity contribution < 1.29 is 19.1 Å². The fourth-order valence-electron chi connectivity index (χ4n) is 1.26. The van der Waals surface area contributed by atoms with Crippen LogP contribution in [-0.2, 0) is 16.0 Å². The zero-order chi connectivity index (χ0) is 13.5. The van der Waals surface area contributed by atoms with Crippen LogP contribution in [0, 0.1) is 17.7 Å². The Morgan fingerprint density at radius 1 is 1.44 bits per heavy atom. The molecule has 1 rings (SSSR count). The van der Waals surface area contributed by atoms with Gasteiger partial charge >= 0.3 is 5.97 Å². The number of hydrogen-bond donors (Lipinski definition) is 1. The summed E-state index contributed by atoms with van der Waals surface area (Å²) in [5, 5.41) is 8.67. The number of hydrogen-bond acceptors (Lipinski definition) is 3. The third kappa shape index (κ3) is 5.02. The van der Waals surface area contributed by atoms with Gasteiger partial charge in [-0.3, -0.25) is 9.59 Å². The number of carboxylic acids is 1. The van der Waals surface area contributed by atoms with Crippen LogP contribution in [-0.4, -0.2) is 21.9 Å². The Balaban J connectivity index is 2.86. The molecule has 0 radical (unpaired) electrons. The van der Waals surface area contributed by atoms with Gasteiger partial charge in [0.15, 0.2) is 5.12 Å². The van der Waals surface area contributed by atoms with Crippen LogP contribution >= 0.6 is 11.8 Å². The lowest BCUT2D eigenvalue weighted by atomic mass is 10.0. The first-order chi connectivity index (χ1) is 8.49. The third-order valence-corrected chi connectivity index (χ3v) is 2.67. The summed E-state index contributed by atoms with van der Waals surface area (Å²) in [6, 6.07) is 3.84. The van der Waals surface area contributed by atoms with Crippen molar-refractivity contribution in [2.45, 2.75) is 13.3 Å². The molecule has 0 aliphatic heterocycles. The van der Waals surface area contributed by atoms with E-state index in [0.717, 1.165) is 17.8 Å². The van der Waals surface area contributed by atoms with E-state index >= 15 is 0 Å². The molecule has 0 saturated heterocycles. The third-order valence-electron chi connectivity index (χ3n) is 1.98. The summed E-state index contributed by atoms with van der Waals surface area (Å²) in [6.07, 6.45) is -0.276. The molecule has 5 heteroatoms. The van der Waals surface area contributed by atoms with Gasteiger partial charge in [-0.2, -0.15) is 0 Å². The van der Waals surface area contributed by atoms with Crippen LogP contribution in [0.4, 0.5) is 4.39 Å². The number of carboxylic acid groups (broad SMARTS) is 1. The van der Waals surface area contributed by atoms with Crippen molar-refractivity contribution in [3.8, 4) is 11.8 Å². The molecule has 3 nitrogen and oxygen atoms in total. The molecule has 0 fully saturated rings. The highest BCUT2D eigenvalue weighted by Gasteiger charge is 2.06. The Kier molecular flexibility index (Phi) is 5.40. The summed E-state index contributed by atoms with van der Waals surface area (Å²) in [7, 11) is 0. The second-order valence-corrected chi connectivity index (χ2v) is 4.61. The summed E-state index contributed by atoms with van der Waals surface area (Å²) in [5.74, 6) is 4.29. The first kappa shape index (κ1) is 14.3. The lowest BCUT2D eigenvalue weighted by molar-refractivity contribution is -0.136. The smallest absolute Gasteiger partial charge is 0.307 e. The highest BCUT2D eigenvalue weighted by molar-refractivity contribution is 8.13. The summed E-state index contributed by atoms with van der Waals surface area (Å²) in [5.41, 5.74) is 0.811. The van der Waals surface area contributed by atoms with E-state index in [1.165, 1.54) is 19.1 Å². The van der Waals surface area contributed by atoms with Crippen LogP contribution in [0.1, 0.15) is 18.1 Å². The molecule has 0 saturated carbocycles. The number of carbonyl (C=O) groups excluding carboxylic acids is 1. The Hall–Kier alpha value is -1.80. The maximum absolute atomic E-state index is 13.0. The molecule has 0 spiro atoms. The SMILES string of the molecule is CC(=O)SCC#Cc1ccc(F)cc1CC(=O)O. The monoisotopic (exact) mass is 266 g/mol. The Morgan fingerprint density at radius 3 is 2.78 bits per heavy atom. The largest absolute Gasteiger partial charge is 0.481 e. The van der Waals surface area contributed by atoms with Gasteiger partial charge < -0.3 is 5.11 Å². The van der Waals surface area contributed by atoms with E-state index in [0.29, 0.717) is 16.9 Å². The van der Waals surface area contributed by atoms with E-state index in [9.17, 15) is 14.0 Å². The zero-order valence-corrected chi connectivity index (χ0v) is 10.5. The molecule has 1 aromatic carbocycles. The second-order valence-electron chi connectivity index (χ2n) is 3.45. The minimum absolute atomic E-state index is 0.0332. The van der Waals surface area contributed by atoms with Crippen molar-refractivity contribution in [2.75, 3.05) is 5.75 Å². The molecule has 1 N–H and O–H groups in total. The molecule has 0 aliphatic carbocycles. The van der Waals surface area contributed by atoms with Gasteiger partial charge in [0, 0.05) is 12.5 Å². The molecule has 0 atom stereocenters. The molecular formula is C13H11FO3S. The van der Waals surface area contributed by atoms with Gasteiger partial charge in [-0.25, -0.2) is 4.39 Å². The van der Waals surface area contributed by atoms with Crippen molar-refractivity contribution in [2.24, 2.45) is 0 Å². The van der Waals surface area contributed by atoms with Gasteiger partial charge in [-0.05, 0) is 23.8 Å². The summed E-state index contributed by atoms with van der Waals surface area (Å²) >= 11 is 1.07. The highest BCUT2D eigenvalue weighted by Crippen LogP contribution is 2.11. The Morgan fingerprint density at radius 2 is 2.17 bits per heavy atom. The summed E-state index contributed by atoms with van der Waals surface area (Å²) in [6.45, 7) is 1.44. The van der Waals surface area contributed by atoms with Crippen LogP contribution in [0.5, 0.6) is 0 Å². The molecule has 0 unspecified atom stereocenters. The Labute approximate surface area is 108 Å². The Bertz CT molecular complexity index is 529. The first-order valence-electron chi connectivity index (χ1n) is 5.11. The zero-order valence-electron chi connectivity index (χ0n) is 9.70. The standard InChI is InChI=1S/C13H11FO3S/c1-9(15)18-6-2-3-10-4-5-12(14)7-11(10)8-13(16)17/h4-5,7H,6,8H2,1H3,(H,16,17). The summed E-state index contributed by atoms with van der Waals surface area (Å²) in [4.78, 5) is 21.3. The number of carbonyl (C=O) groups is 2. The summed E-state index contributed by atoms with van der Waals surface area (Å²) < 4.78 is 13.0. The topological polar surface area (TPSA) is 54.4 Å². The predicted octanol–water partition coefficient (Wildman–Crippen LogP) is 2.08. The fourth-order valence-corrected chi connectivity index (χ4v) is 1.61. The van der Waals surface area contributed by atoms with Gasteiger partial charge in [0.05, 0.1) is 12.2 Å². The van der Waals surface area contributed by atoms with Crippen molar-refractivity contribution in [3.05, 3.63) is 35.1 Å². The van der Waals surface area contributed by atoms with E-state index < -0.39 is 11.8 Å². The fraction of sp³-hybridized carbons (Fsp3) is 0.231. The van der Waals surface area contributed by atoms with Gasteiger partial charge in [-0.15, -0.1) is 0 Å². The number of benzene rings is 1. The molecule has 94 valence electrons. The van der Waals surface area contributed by atoms with Crippen LogP contribution in [0.2, 0.25) is 0 Å². The quantitative estimate of drug-likeness (QED) is 0.851. The molecular weight excluding hydrogens is 255 g/mol. The number of aliphatic carboxylic acids is 1. The maximum atomic E-state index is 13.0. The van der Waals surface area contributed by atoms with Crippen LogP contribution in [0.15, 0.2) is 18.2 Å². The lowest BCUT2D eigenvalue weighted by Gasteiger charge is -2.01. The van der Waals surface area contributed by atoms with Crippen molar-refractivity contribution >= 4 is 22.8 Å². The normalized spacial score (nSPS) is 9.44. The highest BCUT2D eigenvalue weighted by atomic mass is 32.2. The van der Waals surface area contributed by atoms with Crippen LogP contribution in [0.25, 0.3) is 0 Å². The van der Waals surface area contributed by atoms with Crippen LogP contribution < -0.4 is 0 Å². The molecule has 0 heterocycles. The predicted molar refractivity (Wildman–Crippen MR) is 67.8 cm³/mol. The average Bonchev–Trinajstić information content (AvgIpc) is 2.25. The van der Waals surface area contributed by atoms with Gasteiger partial charge in [0.2, 0.25) is 0 Å². The van der Waals surface area contributed by atoms with E-state index in [1.807, 2.05) is 0 Å². The number of thioether (sulfide) groups is 1. The molecule has 0 aliphatic rings. The van der Waals surface area contributed by atoms with E-state index in [1.54, 1.807) is 0 Å². The lowest BCUT2D eigenvalue weighted by Crippen LogP contribution is -2.02. The number of rotatable bonds is 3. The number of halogens is 1. The van der Waals surface area contributed by atoms with Gasteiger partial charge in [0.25, 0.3) is 0 Å². The molecule has 0 bridgehead atoms. The van der Waals surface area contributed by atoms with E-state index in [-0.39, 0.29) is 11.5 Å². The van der Waals surface area contributed by atoms with Crippen molar-refractivity contribution in [3.63, 3.8) is 0 Å². The molecule has 18 heavy (non-hydrogen) atoms. The minimum Gasteiger partial charge on any atom is -0.481 e. The molecule has 1 aromatic rings. The average molecular weight is 266 g/mol. The van der Waals surface area contributed by atoms with Crippen molar-refractivity contribution in [1.82, 2.24) is 0 Å². The minimum atomic E-state index is -1.04. The molecule has 0 aromatic heterocycles. The van der Waals surface area contributed by atoms with Crippen LogP contribution in [0.3, 0.4) is 0 Å². The van der Waals surface area contributed by atoms with E-state index in [4.69, 9.17) is 5.11 Å². The first-order valence-corrected chi connectivity index (χ1v) is 6.10. The maximum Gasteiger partial charge on any atom is 0.307 e. The van der Waals surface area contributed by atoms with Crippen molar-refractivity contribution in [1.29, 1.82) is 0 Å². The van der Waals surface area contributed by atoms with Gasteiger partial charge in [0.1, 0.15) is 5.82 Å². The van der Waals surface area contributed by atoms with Gasteiger partial charge in [-0.1, -0.05) is 23.6 Å². The van der Waals surface area contributed by atoms with E-state index in [2.05, 4.69) is 11.8 Å². The molecule has 0 amide bonds. The second kappa shape index (κ2) is 6.82.